The molecule has 1 saturated heterocycles. The summed E-state index contributed by atoms with van der Waals surface area (Å²) in [5.41, 5.74) is 2.86. The zero-order valence-corrected chi connectivity index (χ0v) is 11.7. The van der Waals surface area contributed by atoms with E-state index in [0.29, 0.717) is 11.6 Å². The third-order valence-corrected chi connectivity index (χ3v) is 3.63. The second kappa shape index (κ2) is 6.33. The number of rotatable bonds is 2. The largest absolute Gasteiger partial charge is 0.310 e. The Bertz CT molecular complexity index is 578. The van der Waals surface area contributed by atoms with Crippen molar-refractivity contribution in [2.45, 2.75) is 18.9 Å². The lowest BCUT2D eigenvalue weighted by Gasteiger charge is -2.11. The summed E-state index contributed by atoms with van der Waals surface area (Å²) in [4.78, 5) is 0. The van der Waals surface area contributed by atoms with Gasteiger partial charge < -0.3 is 5.32 Å². The molecule has 1 N–H and O–H groups in total. The molecular formula is C16H16ClF2N. The van der Waals surface area contributed by atoms with Gasteiger partial charge in [-0.25, -0.2) is 8.78 Å². The molecule has 0 aromatic heterocycles. The Labute approximate surface area is 123 Å². The van der Waals surface area contributed by atoms with Crippen molar-refractivity contribution in [1.82, 2.24) is 5.32 Å². The smallest absolute Gasteiger partial charge is 0.159 e. The number of hydrogen-bond acceptors (Lipinski definition) is 1. The molecule has 4 heteroatoms. The fourth-order valence-electron chi connectivity index (χ4n) is 2.55. The summed E-state index contributed by atoms with van der Waals surface area (Å²) in [5.74, 6) is -1.62. The molecule has 106 valence electrons. The maximum Gasteiger partial charge on any atom is 0.159 e. The summed E-state index contributed by atoms with van der Waals surface area (Å²) < 4.78 is 26.1. The number of hydrogen-bond donors (Lipinski definition) is 1. The van der Waals surface area contributed by atoms with Gasteiger partial charge in [-0.3, -0.25) is 0 Å². The molecule has 2 aromatic carbocycles. The van der Waals surface area contributed by atoms with E-state index in [1.807, 2.05) is 12.1 Å². The molecule has 0 aliphatic carbocycles. The summed E-state index contributed by atoms with van der Waals surface area (Å²) in [6.07, 6.45) is 2.36. The van der Waals surface area contributed by atoms with Crippen LogP contribution in [0.2, 0.25) is 0 Å². The monoisotopic (exact) mass is 295 g/mol. The first kappa shape index (κ1) is 14.9. The molecule has 3 rings (SSSR count). The molecular weight excluding hydrogens is 280 g/mol. The Morgan fingerprint density at radius 2 is 1.60 bits per heavy atom. The fourth-order valence-corrected chi connectivity index (χ4v) is 2.55. The average molecular weight is 296 g/mol. The highest BCUT2D eigenvalue weighted by Gasteiger charge is 2.15. The minimum Gasteiger partial charge on any atom is -0.310 e. The molecule has 1 heterocycles. The molecule has 1 unspecified atom stereocenters. The van der Waals surface area contributed by atoms with Gasteiger partial charge >= 0.3 is 0 Å². The van der Waals surface area contributed by atoms with Crippen molar-refractivity contribution in [3.8, 4) is 11.1 Å². The van der Waals surface area contributed by atoms with Crippen LogP contribution < -0.4 is 5.32 Å². The number of benzene rings is 2. The first-order valence-electron chi connectivity index (χ1n) is 6.53. The van der Waals surface area contributed by atoms with Gasteiger partial charge in [0, 0.05) is 6.04 Å². The minimum atomic E-state index is -0.810. The summed E-state index contributed by atoms with van der Waals surface area (Å²) >= 11 is 0. The van der Waals surface area contributed by atoms with E-state index in [4.69, 9.17) is 0 Å². The van der Waals surface area contributed by atoms with E-state index in [-0.39, 0.29) is 12.4 Å². The Morgan fingerprint density at radius 3 is 2.20 bits per heavy atom. The highest BCUT2D eigenvalue weighted by atomic mass is 35.5. The van der Waals surface area contributed by atoms with Crippen molar-refractivity contribution >= 4 is 12.4 Å². The molecule has 0 bridgehead atoms. The van der Waals surface area contributed by atoms with Gasteiger partial charge in [0.05, 0.1) is 0 Å². The van der Waals surface area contributed by atoms with Crippen molar-refractivity contribution in [1.29, 1.82) is 0 Å². The van der Waals surface area contributed by atoms with E-state index in [1.54, 1.807) is 6.07 Å². The molecule has 1 fully saturated rings. The van der Waals surface area contributed by atoms with Crippen molar-refractivity contribution in [3.63, 3.8) is 0 Å². The molecule has 1 aliphatic rings. The summed E-state index contributed by atoms with van der Waals surface area (Å²) in [6.45, 7) is 1.07. The topological polar surface area (TPSA) is 12.0 Å². The summed E-state index contributed by atoms with van der Waals surface area (Å²) in [7, 11) is 0. The predicted octanol–water partition coefficient (Wildman–Crippen LogP) is 4.48. The van der Waals surface area contributed by atoms with Crippen molar-refractivity contribution in [2.24, 2.45) is 0 Å². The van der Waals surface area contributed by atoms with Gasteiger partial charge in [0.25, 0.3) is 0 Å². The van der Waals surface area contributed by atoms with Crippen LogP contribution in [0, 0.1) is 11.6 Å². The molecule has 0 amide bonds. The Morgan fingerprint density at radius 1 is 0.900 bits per heavy atom. The van der Waals surface area contributed by atoms with Crippen molar-refractivity contribution in [2.75, 3.05) is 6.54 Å². The molecule has 1 atom stereocenters. The normalized spacial score (nSPS) is 17.8. The molecule has 2 aromatic rings. The first-order valence-corrected chi connectivity index (χ1v) is 6.53. The SMILES string of the molecule is Cl.Fc1ccc(-c2ccc(C3CCCN3)cc2)cc1F. The molecule has 0 spiro atoms. The van der Waals surface area contributed by atoms with Crippen LogP contribution in [0.5, 0.6) is 0 Å². The van der Waals surface area contributed by atoms with Crippen LogP contribution in [0.4, 0.5) is 8.78 Å². The average Bonchev–Trinajstić information content (AvgIpc) is 2.96. The summed E-state index contributed by atoms with van der Waals surface area (Å²) in [6, 6.07) is 12.5. The van der Waals surface area contributed by atoms with Crippen LogP contribution in [0.25, 0.3) is 11.1 Å². The van der Waals surface area contributed by atoms with E-state index in [0.717, 1.165) is 24.6 Å². The van der Waals surface area contributed by atoms with E-state index < -0.39 is 11.6 Å². The lowest BCUT2D eigenvalue weighted by atomic mass is 10.00. The van der Waals surface area contributed by atoms with Gasteiger partial charge in [0.2, 0.25) is 0 Å². The number of nitrogens with one attached hydrogen (secondary N) is 1. The molecule has 20 heavy (non-hydrogen) atoms. The van der Waals surface area contributed by atoms with Crippen LogP contribution in [0.3, 0.4) is 0 Å². The van der Waals surface area contributed by atoms with E-state index in [1.165, 1.54) is 18.1 Å². The van der Waals surface area contributed by atoms with E-state index >= 15 is 0 Å². The zero-order chi connectivity index (χ0) is 13.2. The highest BCUT2D eigenvalue weighted by Crippen LogP contribution is 2.27. The van der Waals surface area contributed by atoms with E-state index in [9.17, 15) is 8.78 Å². The molecule has 1 aliphatic heterocycles. The summed E-state index contributed by atoms with van der Waals surface area (Å²) in [5, 5.41) is 3.44. The Hall–Kier alpha value is -1.45. The van der Waals surface area contributed by atoms with Crippen LogP contribution in [-0.4, -0.2) is 6.54 Å². The van der Waals surface area contributed by atoms with Crippen LogP contribution in [0.15, 0.2) is 42.5 Å². The van der Waals surface area contributed by atoms with Crippen molar-refractivity contribution in [3.05, 3.63) is 59.7 Å². The van der Waals surface area contributed by atoms with Gasteiger partial charge in [0.1, 0.15) is 0 Å². The fraction of sp³-hybridized carbons (Fsp3) is 0.250. The third-order valence-electron chi connectivity index (χ3n) is 3.63. The maximum absolute atomic E-state index is 13.2. The van der Waals surface area contributed by atoms with Gasteiger partial charge in [-0.05, 0) is 48.2 Å². The van der Waals surface area contributed by atoms with Gasteiger partial charge in [-0.15, -0.1) is 12.4 Å². The van der Waals surface area contributed by atoms with Crippen molar-refractivity contribution < 1.29 is 8.78 Å². The Kier molecular flexibility index (Phi) is 4.73. The standard InChI is InChI=1S/C16H15F2N.ClH/c17-14-8-7-13(10-15(14)18)11-3-5-12(6-4-11)16-2-1-9-19-16;/h3-8,10,16,19H,1-2,9H2;1H. The molecule has 1 nitrogen and oxygen atoms in total. The number of halogens is 3. The second-order valence-electron chi connectivity index (χ2n) is 4.90. The minimum absolute atomic E-state index is 0. The molecule has 0 saturated carbocycles. The molecule has 0 radical (unpaired) electrons. The van der Waals surface area contributed by atoms with Crippen LogP contribution >= 0.6 is 12.4 Å². The lowest BCUT2D eigenvalue weighted by Crippen LogP contribution is -2.12. The van der Waals surface area contributed by atoms with Crippen LogP contribution in [-0.2, 0) is 0 Å². The zero-order valence-electron chi connectivity index (χ0n) is 10.9. The van der Waals surface area contributed by atoms with E-state index in [2.05, 4.69) is 17.4 Å². The second-order valence-corrected chi connectivity index (χ2v) is 4.90. The van der Waals surface area contributed by atoms with Gasteiger partial charge in [0.15, 0.2) is 11.6 Å². The van der Waals surface area contributed by atoms with Crippen LogP contribution in [0.1, 0.15) is 24.4 Å². The lowest BCUT2D eigenvalue weighted by molar-refractivity contribution is 0.509. The van der Waals surface area contributed by atoms with Gasteiger partial charge in [-0.2, -0.15) is 0 Å². The first-order chi connectivity index (χ1) is 9.24. The quantitative estimate of drug-likeness (QED) is 0.861. The third kappa shape index (κ3) is 3.00. The van der Waals surface area contributed by atoms with Gasteiger partial charge in [-0.1, -0.05) is 30.3 Å². The Balaban J connectivity index is 0.00000147. The predicted molar refractivity (Wildman–Crippen MR) is 79.0 cm³/mol. The highest BCUT2D eigenvalue weighted by molar-refractivity contribution is 5.85. The maximum atomic E-state index is 13.2.